The summed E-state index contributed by atoms with van der Waals surface area (Å²) in [5.41, 5.74) is 6.26. The molecule has 0 bridgehead atoms. The minimum atomic E-state index is -0.0610. The molecule has 2 unspecified atom stereocenters. The SMILES string of the molecule is NC1CCC(C(=O)Nc2c(Cl)cc(Br)cc2Cl)C1. The minimum Gasteiger partial charge on any atom is -0.328 e. The molecule has 1 saturated carbocycles. The molecule has 2 rings (SSSR count). The average molecular weight is 352 g/mol. The Morgan fingerprint density at radius 3 is 2.44 bits per heavy atom. The molecule has 98 valence electrons. The van der Waals surface area contributed by atoms with E-state index in [2.05, 4.69) is 21.2 Å². The summed E-state index contributed by atoms with van der Waals surface area (Å²) in [6.45, 7) is 0. The van der Waals surface area contributed by atoms with E-state index < -0.39 is 0 Å². The van der Waals surface area contributed by atoms with E-state index in [0.717, 1.165) is 23.7 Å². The van der Waals surface area contributed by atoms with E-state index >= 15 is 0 Å². The summed E-state index contributed by atoms with van der Waals surface area (Å²) >= 11 is 15.4. The first-order valence-electron chi connectivity index (χ1n) is 5.68. The fourth-order valence-electron chi connectivity index (χ4n) is 2.14. The van der Waals surface area contributed by atoms with Crippen LogP contribution in [0.5, 0.6) is 0 Å². The number of rotatable bonds is 2. The molecule has 1 aromatic carbocycles. The second kappa shape index (κ2) is 5.78. The van der Waals surface area contributed by atoms with Crippen molar-refractivity contribution in [2.45, 2.75) is 25.3 Å². The molecule has 0 heterocycles. The molecule has 0 radical (unpaired) electrons. The maximum Gasteiger partial charge on any atom is 0.227 e. The molecular formula is C12H13BrCl2N2O. The molecule has 0 aliphatic heterocycles. The van der Waals surface area contributed by atoms with Gasteiger partial charge >= 0.3 is 0 Å². The smallest absolute Gasteiger partial charge is 0.227 e. The van der Waals surface area contributed by atoms with Crippen LogP contribution in [0.25, 0.3) is 0 Å². The number of hydrogen-bond donors (Lipinski definition) is 2. The Balaban J connectivity index is 2.12. The van der Waals surface area contributed by atoms with E-state index in [0.29, 0.717) is 15.7 Å². The van der Waals surface area contributed by atoms with Crippen LogP contribution in [0.1, 0.15) is 19.3 Å². The van der Waals surface area contributed by atoms with Crippen molar-refractivity contribution in [3.63, 3.8) is 0 Å². The fraction of sp³-hybridized carbons (Fsp3) is 0.417. The number of amides is 1. The maximum absolute atomic E-state index is 12.1. The Kier molecular flexibility index (Phi) is 4.54. The highest BCUT2D eigenvalue weighted by Crippen LogP contribution is 2.35. The highest BCUT2D eigenvalue weighted by Gasteiger charge is 2.28. The van der Waals surface area contributed by atoms with E-state index in [9.17, 15) is 4.79 Å². The Bertz CT molecular complexity index is 458. The van der Waals surface area contributed by atoms with Crippen LogP contribution in [-0.2, 0) is 4.79 Å². The molecule has 1 aliphatic carbocycles. The number of carbonyl (C=O) groups is 1. The van der Waals surface area contributed by atoms with Crippen LogP contribution in [0.15, 0.2) is 16.6 Å². The van der Waals surface area contributed by atoms with Crippen molar-refractivity contribution < 1.29 is 4.79 Å². The third kappa shape index (κ3) is 3.18. The molecule has 18 heavy (non-hydrogen) atoms. The molecule has 6 heteroatoms. The summed E-state index contributed by atoms with van der Waals surface area (Å²) in [5, 5.41) is 3.63. The van der Waals surface area contributed by atoms with E-state index in [1.54, 1.807) is 12.1 Å². The van der Waals surface area contributed by atoms with Gasteiger partial charge in [-0.25, -0.2) is 0 Å². The number of carbonyl (C=O) groups excluding carboxylic acids is 1. The largest absolute Gasteiger partial charge is 0.328 e. The van der Waals surface area contributed by atoms with Gasteiger partial charge in [-0.05, 0) is 31.4 Å². The normalized spacial score (nSPS) is 23.1. The molecule has 1 aliphatic rings. The first-order chi connectivity index (χ1) is 8.47. The number of halogens is 3. The van der Waals surface area contributed by atoms with Gasteiger partial charge in [-0.15, -0.1) is 0 Å². The number of hydrogen-bond acceptors (Lipinski definition) is 2. The average Bonchev–Trinajstić information content (AvgIpc) is 2.70. The van der Waals surface area contributed by atoms with Crippen LogP contribution in [0.2, 0.25) is 10.0 Å². The molecule has 3 N–H and O–H groups in total. The van der Waals surface area contributed by atoms with Gasteiger partial charge in [0.05, 0.1) is 15.7 Å². The molecule has 0 saturated heterocycles. The highest BCUT2D eigenvalue weighted by atomic mass is 79.9. The molecule has 1 fully saturated rings. The van der Waals surface area contributed by atoms with Gasteiger partial charge in [0.25, 0.3) is 0 Å². The lowest BCUT2D eigenvalue weighted by Crippen LogP contribution is -2.23. The maximum atomic E-state index is 12.1. The number of benzene rings is 1. The van der Waals surface area contributed by atoms with Gasteiger partial charge < -0.3 is 11.1 Å². The van der Waals surface area contributed by atoms with Gasteiger partial charge in [-0.2, -0.15) is 0 Å². The van der Waals surface area contributed by atoms with Crippen molar-refractivity contribution in [2.75, 3.05) is 5.32 Å². The lowest BCUT2D eigenvalue weighted by molar-refractivity contribution is -0.119. The minimum absolute atomic E-state index is 0.0456. The quantitative estimate of drug-likeness (QED) is 0.850. The fourth-order valence-corrected chi connectivity index (χ4v) is 3.44. The standard InChI is InChI=1S/C12H13BrCl2N2O/c13-7-4-9(14)11(10(15)5-7)17-12(18)6-1-2-8(16)3-6/h4-6,8H,1-3,16H2,(H,17,18). The number of nitrogens with two attached hydrogens (primary N) is 1. The van der Waals surface area contributed by atoms with E-state index in [4.69, 9.17) is 28.9 Å². The summed E-state index contributed by atoms with van der Waals surface area (Å²) in [7, 11) is 0. The van der Waals surface area contributed by atoms with Gasteiger partial charge in [0, 0.05) is 16.4 Å². The Morgan fingerprint density at radius 1 is 1.33 bits per heavy atom. The molecule has 1 aromatic rings. The zero-order valence-electron chi connectivity index (χ0n) is 9.55. The Morgan fingerprint density at radius 2 is 1.94 bits per heavy atom. The Hall–Kier alpha value is -0.290. The first kappa shape index (κ1) is 14.1. The molecule has 2 atom stereocenters. The number of anilines is 1. The third-order valence-electron chi connectivity index (χ3n) is 3.10. The van der Waals surface area contributed by atoms with Crippen LogP contribution >= 0.6 is 39.1 Å². The van der Waals surface area contributed by atoms with Crippen molar-refractivity contribution >= 4 is 50.7 Å². The van der Waals surface area contributed by atoms with Crippen LogP contribution in [0.3, 0.4) is 0 Å². The van der Waals surface area contributed by atoms with E-state index in [1.165, 1.54) is 0 Å². The van der Waals surface area contributed by atoms with Gasteiger partial charge in [-0.1, -0.05) is 39.1 Å². The van der Waals surface area contributed by atoms with Crippen LogP contribution < -0.4 is 11.1 Å². The van der Waals surface area contributed by atoms with Crippen LogP contribution in [0.4, 0.5) is 5.69 Å². The lowest BCUT2D eigenvalue weighted by atomic mass is 10.1. The molecule has 0 spiro atoms. The summed E-state index contributed by atoms with van der Waals surface area (Å²) < 4.78 is 0.776. The first-order valence-corrected chi connectivity index (χ1v) is 7.23. The summed E-state index contributed by atoms with van der Waals surface area (Å²) in [6, 6.07) is 3.52. The van der Waals surface area contributed by atoms with Crippen molar-refractivity contribution in [2.24, 2.45) is 11.7 Å². The lowest BCUT2D eigenvalue weighted by Gasteiger charge is -2.13. The summed E-state index contributed by atoms with van der Waals surface area (Å²) in [6.07, 6.45) is 2.43. The second-order valence-electron chi connectivity index (χ2n) is 4.50. The molecule has 0 aromatic heterocycles. The molecule has 3 nitrogen and oxygen atoms in total. The molecule has 1 amide bonds. The predicted octanol–water partition coefficient (Wildman–Crippen LogP) is 3.82. The van der Waals surface area contributed by atoms with Crippen molar-refractivity contribution in [1.29, 1.82) is 0 Å². The zero-order valence-corrected chi connectivity index (χ0v) is 12.6. The van der Waals surface area contributed by atoms with Crippen LogP contribution in [0, 0.1) is 5.92 Å². The van der Waals surface area contributed by atoms with Crippen molar-refractivity contribution in [3.8, 4) is 0 Å². The molecular weight excluding hydrogens is 339 g/mol. The van der Waals surface area contributed by atoms with Crippen molar-refractivity contribution in [3.05, 3.63) is 26.7 Å². The topological polar surface area (TPSA) is 55.1 Å². The highest BCUT2D eigenvalue weighted by molar-refractivity contribution is 9.10. The van der Waals surface area contributed by atoms with E-state index in [1.807, 2.05) is 0 Å². The van der Waals surface area contributed by atoms with E-state index in [-0.39, 0.29) is 17.9 Å². The zero-order chi connectivity index (χ0) is 13.3. The second-order valence-corrected chi connectivity index (χ2v) is 6.23. The van der Waals surface area contributed by atoms with Gasteiger partial charge in [0.1, 0.15) is 0 Å². The van der Waals surface area contributed by atoms with Crippen molar-refractivity contribution in [1.82, 2.24) is 0 Å². The van der Waals surface area contributed by atoms with Gasteiger partial charge in [0.2, 0.25) is 5.91 Å². The van der Waals surface area contributed by atoms with Gasteiger partial charge in [-0.3, -0.25) is 4.79 Å². The summed E-state index contributed by atoms with van der Waals surface area (Å²) in [5.74, 6) is -0.107. The van der Waals surface area contributed by atoms with Crippen LogP contribution in [-0.4, -0.2) is 11.9 Å². The van der Waals surface area contributed by atoms with Gasteiger partial charge in [0.15, 0.2) is 0 Å². The monoisotopic (exact) mass is 350 g/mol. The summed E-state index contributed by atoms with van der Waals surface area (Å²) in [4.78, 5) is 12.1. The Labute approximate surface area is 124 Å². The predicted molar refractivity (Wildman–Crippen MR) is 78.1 cm³/mol. The third-order valence-corrected chi connectivity index (χ3v) is 4.15. The number of nitrogens with one attached hydrogen (secondary N) is 1.